The summed E-state index contributed by atoms with van der Waals surface area (Å²) in [5, 5.41) is 0. The molecule has 2 heteroatoms. The third kappa shape index (κ3) is 1.83. The first-order chi connectivity index (χ1) is 8.40. The van der Waals surface area contributed by atoms with Crippen LogP contribution in [0.2, 0.25) is 0 Å². The summed E-state index contributed by atoms with van der Waals surface area (Å²) >= 11 is 3.48. The van der Waals surface area contributed by atoms with Crippen LogP contribution in [0.3, 0.4) is 0 Å². The summed E-state index contributed by atoms with van der Waals surface area (Å²) in [6.45, 7) is 0. The minimum atomic E-state index is 1.06. The fraction of sp³-hybridized carbons (Fsp3) is 0.133. The molecule has 1 aliphatic rings. The van der Waals surface area contributed by atoms with E-state index in [9.17, 15) is 0 Å². The number of halogens is 1. The van der Waals surface area contributed by atoms with Crippen LogP contribution in [0.5, 0.6) is 0 Å². The second-order valence-corrected chi connectivity index (χ2v) is 4.65. The van der Waals surface area contributed by atoms with Crippen molar-refractivity contribution in [2.24, 2.45) is 0 Å². The lowest BCUT2D eigenvalue weighted by Gasteiger charge is -2.08. The van der Waals surface area contributed by atoms with Gasteiger partial charge in [0.25, 0.3) is 0 Å². The highest BCUT2D eigenvalue weighted by Crippen LogP contribution is 2.32. The van der Waals surface area contributed by atoms with Gasteiger partial charge in [0.15, 0.2) is 0 Å². The molecular formula is C15H12BrN. The summed E-state index contributed by atoms with van der Waals surface area (Å²) in [6.07, 6.45) is 4.01. The predicted octanol–water partition coefficient (Wildman–Crippen LogP) is 3.96. The Bertz CT molecular complexity index is 537. The molecule has 0 spiro atoms. The Labute approximate surface area is 109 Å². The van der Waals surface area contributed by atoms with E-state index in [0.29, 0.717) is 0 Å². The first-order valence-corrected chi connectivity index (χ1v) is 6.64. The van der Waals surface area contributed by atoms with Crippen molar-refractivity contribution >= 4 is 21.5 Å². The van der Waals surface area contributed by atoms with Crippen LogP contribution >= 0.6 is 15.9 Å². The third-order valence-corrected chi connectivity index (χ3v) is 3.68. The van der Waals surface area contributed by atoms with Gasteiger partial charge in [-0.1, -0.05) is 46.3 Å². The fourth-order valence-electron chi connectivity index (χ4n) is 2.39. The molecule has 0 saturated heterocycles. The molecule has 1 aromatic heterocycles. The molecule has 1 heterocycles. The van der Waals surface area contributed by atoms with Crippen molar-refractivity contribution in [3.63, 3.8) is 0 Å². The number of pyridine rings is 1. The minimum Gasteiger partial charge on any atom is -0.256 e. The van der Waals surface area contributed by atoms with Crippen molar-refractivity contribution in [1.29, 1.82) is 0 Å². The van der Waals surface area contributed by atoms with Crippen molar-refractivity contribution in [2.45, 2.75) is 12.8 Å². The maximum Gasteiger partial charge on any atom is 0.0745 e. The quantitative estimate of drug-likeness (QED) is 0.714. The first-order valence-electron chi connectivity index (χ1n) is 5.73. The highest BCUT2D eigenvalue weighted by atomic mass is 79.9. The zero-order valence-electron chi connectivity index (χ0n) is 9.36. The summed E-state index contributed by atoms with van der Waals surface area (Å²) < 4.78 is 0. The van der Waals surface area contributed by atoms with E-state index in [2.05, 4.69) is 51.2 Å². The van der Waals surface area contributed by atoms with Gasteiger partial charge in [-0.15, -0.1) is 0 Å². The highest BCUT2D eigenvalue weighted by Gasteiger charge is 2.17. The zero-order chi connectivity index (χ0) is 11.7. The minimum absolute atomic E-state index is 1.06. The maximum absolute atomic E-state index is 4.53. The van der Waals surface area contributed by atoms with Crippen molar-refractivity contribution in [3.05, 3.63) is 70.0 Å². The first kappa shape index (κ1) is 10.7. The Morgan fingerprint density at radius 1 is 1.00 bits per heavy atom. The SMILES string of the molecule is BrC=C1c2ccccc2CCc2cccnc21. The lowest BCUT2D eigenvalue weighted by atomic mass is 9.99. The average Bonchev–Trinajstić information content (AvgIpc) is 2.55. The average molecular weight is 286 g/mol. The van der Waals surface area contributed by atoms with Crippen molar-refractivity contribution in [2.75, 3.05) is 0 Å². The van der Waals surface area contributed by atoms with Gasteiger partial charge in [0.1, 0.15) is 0 Å². The highest BCUT2D eigenvalue weighted by molar-refractivity contribution is 9.11. The Hall–Kier alpha value is -1.41. The van der Waals surface area contributed by atoms with E-state index in [1.165, 1.54) is 22.3 Å². The second-order valence-electron chi connectivity index (χ2n) is 4.19. The summed E-state index contributed by atoms with van der Waals surface area (Å²) in [7, 11) is 0. The van der Waals surface area contributed by atoms with Crippen LogP contribution in [0.4, 0.5) is 0 Å². The topological polar surface area (TPSA) is 12.9 Å². The number of benzene rings is 1. The molecule has 17 heavy (non-hydrogen) atoms. The Kier molecular flexibility index (Phi) is 2.81. The molecule has 1 nitrogen and oxygen atoms in total. The molecule has 0 unspecified atom stereocenters. The Morgan fingerprint density at radius 2 is 1.76 bits per heavy atom. The number of fused-ring (bicyclic) bond motifs is 2. The fourth-order valence-corrected chi connectivity index (χ4v) is 2.85. The summed E-state index contributed by atoms with van der Waals surface area (Å²) in [4.78, 5) is 6.52. The van der Waals surface area contributed by atoms with Gasteiger partial charge in [0, 0.05) is 11.8 Å². The second kappa shape index (κ2) is 4.46. The molecule has 1 aromatic carbocycles. The van der Waals surface area contributed by atoms with E-state index in [-0.39, 0.29) is 0 Å². The predicted molar refractivity (Wildman–Crippen MR) is 74.1 cm³/mol. The molecule has 0 atom stereocenters. The number of nitrogens with zero attached hydrogens (tertiary/aromatic N) is 1. The van der Waals surface area contributed by atoms with E-state index in [1.54, 1.807) is 0 Å². The van der Waals surface area contributed by atoms with E-state index >= 15 is 0 Å². The standard InChI is InChI=1S/C15H12BrN/c16-10-14-13-6-2-1-4-11(13)7-8-12-5-3-9-17-15(12)14/h1-6,9-10H,7-8H2. The Balaban J connectivity index is 2.27. The monoisotopic (exact) mass is 285 g/mol. The summed E-state index contributed by atoms with van der Waals surface area (Å²) in [6, 6.07) is 12.8. The lowest BCUT2D eigenvalue weighted by Crippen LogP contribution is -1.94. The van der Waals surface area contributed by atoms with Gasteiger partial charge in [-0.25, -0.2) is 0 Å². The van der Waals surface area contributed by atoms with Crippen LogP contribution in [0.25, 0.3) is 5.57 Å². The third-order valence-electron chi connectivity index (χ3n) is 3.23. The molecule has 2 aromatic rings. The molecule has 84 valence electrons. The molecule has 0 N–H and O–H groups in total. The number of hydrogen-bond donors (Lipinski definition) is 0. The summed E-state index contributed by atoms with van der Waals surface area (Å²) in [5.74, 6) is 0. The van der Waals surface area contributed by atoms with E-state index in [1.807, 2.05) is 17.2 Å². The Morgan fingerprint density at radius 3 is 2.65 bits per heavy atom. The van der Waals surface area contributed by atoms with Gasteiger partial charge in [-0.05, 0) is 40.6 Å². The van der Waals surface area contributed by atoms with Crippen molar-refractivity contribution in [1.82, 2.24) is 4.98 Å². The number of aromatic nitrogens is 1. The molecule has 0 aliphatic heterocycles. The lowest BCUT2D eigenvalue weighted by molar-refractivity contribution is 0.955. The van der Waals surface area contributed by atoms with Crippen molar-refractivity contribution < 1.29 is 0 Å². The number of rotatable bonds is 0. The van der Waals surface area contributed by atoms with Crippen LogP contribution < -0.4 is 0 Å². The van der Waals surface area contributed by atoms with Crippen LogP contribution in [0, 0.1) is 0 Å². The van der Waals surface area contributed by atoms with Crippen molar-refractivity contribution in [3.8, 4) is 0 Å². The smallest absolute Gasteiger partial charge is 0.0745 e. The molecule has 0 fully saturated rings. The van der Waals surface area contributed by atoms with Crippen LogP contribution in [-0.2, 0) is 12.8 Å². The molecule has 0 amide bonds. The molecule has 0 saturated carbocycles. The number of aryl methyl sites for hydroxylation is 2. The zero-order valence-corrected chi connectivity index (χ0v) is 10.9. The maximum atomic E-state index is 4.53. The van der Waals surface area contributed by atoms with Crippen LogP contribution in [0.1, 0.15) is 22.4 Å². The van der Waals surface area contributed by atoms with Crippen LogP contribution in [-0.4, -0.2) is 4.98 Å². The van der Waals surface area contributed by atoms with Gasteiger partial charge < -0.3 is 0 Å². The normalized spacial score (nSPS) is 16.2. The number of hydrogen-bond acceptors (Lipinski definition) is 1. The largest absolute Gasteiger partial charge is 0.256 e. The van der Waals surface area contributed by atoms with Gasteiger partial charge in [0.05, 0.1) is 5.69 Å². The van der Waals surface area contributed by atoms with Gasteiger partial charge in [0.2, 0.25) is 0 Å². The van der Waals surface area contributed by atoms with E-state index in [4.69, 9.17) is 0 Å². The molecule has 0 radical (unpaired) electrons. The molecule has 0 bridgehead atoms. The van der Waals surface area contributed by atoms with Gasteiger partial charge in [-0.2, -0.15) is 0 Å². The molecule has 1 aliphatic carbocycles. The van der Waals surface area contributed by atoms with E-state index in [0.717, 1.165) is 18.5 Å². The van der Waals surface area contributed by atoms with E-state index < -0.39 is 0 Å². The molecular weight excluding hydrogens is 274 g/mol. The van der Waals surface area contributed by atoms with Gasteiger partial charge in [-0.3, -0.25) is 4.98 Å². The molecule has 3 rings (SSSR count). The van der Waals surface area contributed by atoms with Crippen LogP contribution in [0.15, 0.2) is 47.6 Å². The van der Waals surface area contributed by atoms with Gasteiger partial charge >= 0.3 is 0 Å². The summed E-state index contributed by atoms with van der Waals surface area (Å²) in [5.41, 5.74) is 6.32.